The smallest absolute Gasteiger partial charge is 0.321 e. The van der Waals surface area contributed by atoms with Gasteiger partial charge in [0.15, 0.2) is 0 Å². The molecule has 0 spiro atoms. The molecule has 0 unspecified atom stereocenters. The molecule has 0 bridgehead atoms. The molecule has 0 aliphatic carbocycles. The van der Waals surface area contributed by atoms with Gasteiger partial charge in [0.1, 0.15) is 0 Å². The van der Waals surface area contributed by atoms with Gasteiger partial charge in [0.25, 0.3) is 5.91 Å². The van der Waals surface area contributed by atoms with Crippen LogP contribution in [0.5, 0.6) is 0 Å². The maximum atomic E-state index is 12.7. The van der Waals surface area contributed by atoms with E-state index in [4.69, 9.17) is 0 Å². The molecule has 2 rings (SSSR count). The minimum atomic E-state index is -4.46. The molecule has 0 aromatic heterocycles. The fourth-order valence-electron chi connectivity index (χ4n) is 1.60. The third-order valence-corrected chi connectivity index (χ3v) is 3.66. The van der Waals surface area contributed by atoms with Crippen molar-refractivity contribution in [3.63, 3.8) is 0 Å². The van der Waals surface area contributed by atoms with Gasteiger partial charge in [-0.15, -0.1) is 12.6 Å². The quantitative estimate of drug-likeness (QED) is 0.709. The number of halogens is 4. The molecule has 2 aromatic carbocycles. The molecule has 21 heavy (non-hydrogen) atoms. The summed E-state index contributed by atoms with van der Waals surface area (Å²) in [5, 5.41) is 2.45. The lowest BCUT2D eigenvalue weighted by Gasteiger charge is -2.12. The Bertz CT molecular complexity index is 671. The monoisotopic (exact) mass is 375 g/mol. The number of hydrogen-bond acceptors (Lipinski definition) is 2. The molecule has 1 amide bonds. The van der Waals surface area contributed by atoms with E-state index in [0.717, 1.165) is 12.1 Å². The number of amides is 1. The molecule has 0 fully saturated rings. The summed E-state index contributed by atoms with van der Waals surface area (Å²) < 4.78 is 38.4. The van der Waals surface area contributed by atoms with Crippen molar-refractivity contribution in [1.82, 2.24) is 0 Å². The molecule has 0 aliphatic rings. The average molecular weight is 376 g/mol. The lowest BCUT2D eigenvalue weighted by molar-refractivity contribution is -0.137. The number of alkyl halides is 3. The van der Waals surface area contributed by atoms with Crippen molar-refractivity contribution in [2.75, 3.05) is 5.32 Å². The average Bonchev–Trinajstić information content (AvgIpc) is 2.40. The third kappa shape index (κ3) is 4.01. The van der Waals surface area contributed by atoms with Crippen molar-refractivity contribution >= 4 is 40.2 Å². The molecule has 0 saturated carbocycles. The second-order valence-corrected chi connectivity index (χ2v) is 5.56. The predicted octanol–water partition coefficient (Wildman–Crippen LogP) is 5.01. The lowest BCUT2D eigenvalue weighted by atomic mass is 10.1. The van der Waals surface area contributed by atoms with E-state index in [1.54, 1.807) is 24.3 Å². The van der Waals surface area contributed by atoms with Crippen LogP contribution in [0.15, 0.2) is 51.8 Å². The number of carbonyl (C=O) groups excluding carboxylic acids is 1. The molecular weight excluding hydrogens is 367 g/mol. The first kappa shape index (κ1) is 15.9. The van der Waals surface area contributed by atoms with Crippen LogP contribution in [-0.2, 0) is 6.18 Å². The molecule has 110 valence electrons. The van der Waals surface area contributed by atoms with Crippen LogP contribution in [0.25, 0.3) is 0 Å². The second kappa shape index (κ2) is 6.11. The fraction of sp³-hybridized carbons (Fsp3) is 0.0714. The number of anilines is 1. The molecule has 2 aromatic rings. The molecule has 7 heteroatoms. The summed E-state index contributed by atoms with van der Waals surface area (Å²) in [6.07, 6.45) is -4.46. The van der Waals surface area contributed by atoms with Crippen LogP contribution in [-0.4, -0.2) is 5.91 Å². The maximum Gasteiger partial charge on any atom is 0.416 e. The minimum Gasteiger partial charge on any atom is -0.321 e. The zero-order valence-electron chi connectivity index (χ0n) is 10.4. The topological polar surface area (TPSA) is 29.1 Å². The van der Waals surface area contributed by atoms with Gasteiger partial charge in [-0.25, -0.2) is 0 Å². The number of benzene rings is 2. The van der Waals surface area contributed by atoms with E-state index >= 15 is 0 Å². The van der Waals surface area contributed by atoms with E-state index in [-0.39, 0.29) is 5.69 Å². The number of hydrogen-bond donors (Lipinski definition) is 2. The maximum absolute atomic E-state index is 12.7. The molecular formula is C14H9BrF3NOS. The van der Waals surface area contributed by atoms with Crippen molar-refractivity contribution in [3.8, 4) is 0 Å². The molecule has 0 atom stereocenters. The van der Waals surface area contributed by atoms with Crippen LogP contribution in [0.2, 0.25) is 0 Å². The largest absolute Gasteiger partial charge is 0.416 e. The standard InChI is InChI=1S/C14H9BrF3NOS/c15-11-6-3-9(14(16,17)18)7-12(11)19-13(20)8-1-4-10(21)5-2-8/h1-7,21H,(H,19,20). The number of rotatable bonds is 2. The van der Waals surface area contributed by atoms with Gasteiger partial charge in [0, 0.05) is 14.9 Å². The first-order valence-electron chi connectivity index (χ1n) is 5.74. The van der Waals surface area contributed by atoms with Gasteiger partial charge >= 0.3 is 6.18 Å². The Balaban J connectivity index is 2.26. The molecule has 1 N–H and O–H groups in total. The number of thiol groups is 1. The van der Waals surface area contributed by atoms with Gasteiger partial charge in [0.2, 0.25) is 0 Å². The van der Waals surface area contributed by atoms with E-state index in [1.807, 2.05) is 0 Å². The molecule has 0 aliphatic heterocycles. The number of carbonyl (C=O) groups is 1. The van der Waals surface area contributed by atoms with Gasteiger partial charge in [0.05, 0.1) is 11.3 Å². The fourth-order valence-corrected chi connectivity index (χ4v) is 2.10. The van der Waals surface area contributed by atoms with Crippen LogP contribution in [0.1, 0.15) is 15.9 Å². The Labute approximate surface area is 132 Å². The van der Waals surface area contributed by atoms with E-state index in [1.165, 1.54) is 6.07 Å². The number of nitrogens with one attached hydrogen (secondary N) is 1. The highest BCUT2D eigenvalue weighted by Crippen LogP contribution is 2.34. The highest BCUT2D eigenvalue weighted by atomic mass is 79.9. The Kier molecular flexibility index (Phi) is 4.63. The summed E-state index contributed by atoms with van der Waals surface area (Å²) in [7, 11) is 0. The van der Waals surface area contributed by atoms with Crippen molar-refractivity contribution < 1.29 is 18.0 Å². The molecule has 0 radical (unpaired) electrons. The first-order valence-corrected chi connectivity index (χ1v) is 6.98. The predicted molar refractivity (Wildman–Crippen MR) is 80.8 cm³/mol. The summed E-state index contributed by atoms with van der Waals surface area (Å²) in [5.41, 5.74) is -0.436. The Morgan fingerprint density at radius 1 is 1.10 bits per heavy atom. The molecule has 0 heterocycles. The minimum absolute atomic E-state index is 0.0600. The SMILES string of the molecule is O=C(Nc1cc(C(F)(F)F)ccc1Br)c1ccc(S)cc1. The van der Waals surface area contributed by atoms with Crippen molar-refractivity contribution in [2.45, 2.75) is 11.1 Å². The van der Waals surface area contributed by atoms with Crippen molar-refractivity contribution in [2.24, 2.45) is 0 Å². The Hall–Kier alpha value is -1.47. The van der Waals surface area contributed by atoms with E-state index in [2.05, 4.69) is 33.9 Å². The third-order valence-electron chi connectivity index (χ3n) is 2.67. The van der Waals surface area contributed by atoms with Gasteiger partial charge < -0.3 is 5.32 Å². The highest BCUT2D eigenvalue weighted by molar-refractivity contribution is 9.10. The van der Waals surface area contributed by atoms with Gasteiger partial charge in [-0.2, -0.15) is 13.2 Å². The van der Waals surface area contributed by atoms with Crippen LogP contribution in [0.3, 0.4) is 0 Å². The molecule has 0 saturated heterocycles. The summed E-state index contributed by atoms with van der Waals surface area (Å²) in [4.78, 5) is 12.7. The summed E-state index contributed by atoms with van der Waals surface area (Å²) >= 11 is 7.21. The van der Waals surface area contributed by atoms with Gasteiger partial charge in [-0.05, 0) is 58.4 Å². The first-order chi connectivity index (χ1) is 9.77. The van der Waals surface area contributed by atoms with Gasteiger partial charge in [-0.1, -0.05) is 0 Å². The van der Waals surface area contributed by atoms with Crippen LogP contribution >= 0.6 is 28.6 Å². The van der Waals surface area contributed by atoms with E-state index < -0.39 is 17.6 Å². The van der Waals surface area contributed by atoms with Crippen LogP contribution in [0, 0.1) is 0 Å². The molecule has 2 nitrogen and oxygen atoms in total. The zero-order valence-corrected chi connectivity index (χ0v) is 12.9. The normalized spacial score (nSPS) is 11.3. The highest BCUT2D eigenvalue weighted by Gasteiger charge is 2.31. The Morgan fingerprint density at radius 2 is 1.71 bits per heavy atom. The van der Waals surface area contributed by atoms with E-state index in [0.29, 0.717) is 14.9 Å². The second-order valence-electron chi connectivity index (χ2n) is 4.19. The lowest BCUT2D eigenvalue weighted by Crippen LogP contribution is -2.13. The Morgan fingerprint density at radius 3 is 2.29 bits per heavy atom. The van der Waals surface area contributed by atoms with E-state index in [9.17, 15) is 18.0 Å². The summed E-state index contributed by atoms with van der Waals surface area (Å²) in [6.45, 7) is 0. The van der Waals surface area contributed by atoms with Crippen molar-refractivity contribution in [1.29, 1.82) is 0 Å². The van der Waals surface area contributed by atoms with Crippen molar-refractivity contribution in [3.05, 3.63) is 58.1 Å². The van der Waals surface area contributed by atoms with Gasteiger partial charge in [-0.3, -0.25) is 4.79 Å². The van der Waals surface area contributed by atoms with Crippen LogP contribution < -0.4 is 5.32 Å². The summed E-state index contributed by atoms with van der Waals surface area (Å²) in [6, 6.07) is 9.40. The van der Waals surface area contributed by atoms with Crippen LogP contribution in [0.4, 0.5) is 18.9 Å². The zero-order chi connectivity index (χ0) is 15.6. The summed E-state index contributed by atoms with van der Waals surface area (Å²) in [5.74, 6) is -0.497.